The van der Waals surface area contributed by atoms with Crippen LogP contribution in [0.1, 0.15) is 24.3 Å². The number of nitriles is 1. The van der Waals surface area contributed by atoms with E-state index in [2.05, 4.69) is 34.2 Å². The second-order valence-electron chi connectivity index (χ2n) is 2.79. The van der Waals surface area contributed by atoms with Crippen LogP contribution in [0, 0.1) is 11.3 Å². The molecule has 5 heteroatoms. The molecule has 0 aliphatic heterocycles. The highest BCUT2D eigenvalue weighted by Gasteiger charge is 2.14. The number of rotatable bonds is 4. The molecule has 0 amide bonds. The molecule has 0 saturated heterocycles. The van der Waals surface area contributed by atoms with Gasteiger partial charge in [0.2, 0.25) is 0 Å². The SMILES string of the molecule is CCCNC(C#N)c1cc(Br)c(Cl)s1. The van der Waals surface area contributed by atoms with Gasteiger partial charge in [0.05, 0.1) is 6.07 Å². The van der Waals surface area contributed by atoms with Gasteiger partial charge in [-0.1, -0.05) is 18.5 Å². The fraction of sp³-hybridized carbons (Fsp3) is 0.444. The van der Waals surface area contributed by atoms with Crippen molar-refractivity contribution in [3.8, 4) is 6.07 Å². The first-order chi connectivity index (χ1) is 6.69. The Hall–Kier alpha value is -0.0800. The van der Waals surface area contributed by atoms with Crippen molar-refractivity contribution >= 4 is 38.9 Å². The van der Waals surface area contributed by atoms with Gasteiger partial charge in [-0.2, -0.15) is 5.26 Å². The Balaban J connectivity index is 2.75. The van der Waals surface area contributed by atoms with Crippen LogP contribution in [0.2, 0.25) is 4.34 Å². The van der Waals surface area contributed by atoms with E-state index in [4.69, 9.17) is 16.9 Å². The lowest BCUT2D eigenvalue weighted by Crippen LogP contribution is -2.19. The molecule has 1 heterocycles. The Morgan fingerprint density at radius 2 is 2.50 bits per heavy atom. The quantitative estimate of drug-likeness (QED) is 0.918. The highest BCUT2D eigenvalue weighted by molar-refractivity contribution is 9.10. The minimum absolute atomic E-state index is 0.247. The molecule has 1 atom stereocenters. The van der Waals surface area contributed by atoms with E-state index in [0.29, 0.717) is 4.34 Å². The lowest BCUT2D eigenvalue weighted by Gasteiger charge is -2.07. The minimum Gasteiger partial charge on any atom is -0.298 e. The predicted octanol–water partition coefficient (Wildman–Crippen LogP) is 3.73. The number of halogens is 2. The van der Waals surface area contributed by atoms with Crippen molar-refractivity contribution in [2.24, 2.45) is 0 Å². The minimum atomic E-state index is -0.247. The van der Waals surface area contributed by atoms with Crippen LogP contribution >= 0.6 is 38.9 Å². The molecule has 1 unspecified atom stereocenters. The summed E-state index contributed by atoms with van der Waals surface area (Å²) in [6.45, 7) is 2.91. The molecule has 0 aromatic carbocycles. The van der Waals surface area contributed by atoms with E-state index in [1.807, 2.05) is 6.07 Å². The highest BCUT2D eigenvalue weighted by Crippen LogP contribution is 2.34. The highest BCUT2D eigenvalue weighted by atomic mass is 79.9. The monoisotopic (exact) mass is 292 g/mol. The van der Waals surface area contributed by atoms with Gasteiger partial charge in [-0.05, 0) is 35.0 Å². The maximum absolute atomic E-state index is 8.94. The zero-order chi connectivity index (χ0) is 10.6. The van der Waals surface area contributed by atoms with E-state index < -0.39 is 0 Å². The van der Waals surface area contributed by atoms with Crippen LogP contribution < -0.4 is 5.32 Å². The van der Waals surface area contributed by atoms with E-state index in [1.165, 1.54) is 11.3 Å². The van der Waals surface area contributed by atoms with Gasteiger partial charge in [0, 0.05) is 9.35 Å². The molecule has 1 aromatic heterocycles. The van der Waals surface area contributed by atoms with Crippen LogP contribution in [0.15, 0.2) is 10.5 Å². The molecule has 0 radical (unpaired) electrons. The molecule has 1 rings (SSSR count). The largest absolute Gasteiger partial charge is 0.298 e. The van der Waals surface area contributed by atoms with Gasteiger partial charge in [0.15, 0.2) is 0 Å². The van der Waals surface area contributed by atoms with Gasteiger partial charge in [0.1, 0.15) is 10.4 Å². The van der Waals surface area contributed by atoms with E-state index in [9.17, 15) is 0 Å². The van der Waals surface area contributed by atoms with Gasteiger partial charge in [-0.25, -0.2) is 0 Å². The summed E-state index contributed by atoms with van der Waals surface area (Å²) in [6.07, 6.45) is 1.01. The number of hydrogen-bond donors (Lipinski definition) is 1. The Morgan fingerprint density at radius 1 is 1.79 bits per heavy atom. The predicted molar refractivity (Wildman–Crippen MR) is 63.7 cm³/mol. The average Bonchev–Trinajstić information content (AvgIpc) is 2.48. The zero-order valence-electron chi connectivity index (χ0n) is 7.68. The lowest BCUT2D eigenvalue weighted by atomic mass is 10.2. The molecule has 0 saturated carbocycles. The van der Waals surface area contributed by atoms with Gasteiger partial charge < -0.3 is 0 Å². The molecule has 0 bridgehead atoms. The third-order valence-corrected chi connectivity index (χ3v) is 4.22. The molecule has 14 heavy (non-hydrogen) atoms. The molecule has 2 nitrogen and oxygen atoms in total. The summed E-state index contributed by atoms with van der Waals surface area (Å²) >= 11 is 10.7. The van der Waals surface area contributed by atoms with Crippen molar-refractivity contribution in [2.75, 3.05) is 6.54 Å². The molecule has 1 N–H and O–H groups in total. The third-order valence-electron chi connectivity index (χ3n) is 1.68. The molecule has 0 aliphatic rings. The van der Waals surface area contributed by atoms with Crippen LogP contribution in [0.5, 0.6) is 0 Å². The molecular weight excluding hydrogens is 284 g/mol. The Bertz CT molecular complexity index is 326. The number of thiophene rings is 1. The van der Waals surface area contributed by atoms with Gasteiger partial charge >= 0.3 is 0 Å². The Labute approximate surface area is 101 Å². The first-order valence-electron chi connectivity index (χ1n) is 4.26. The fourth-order valence-corrected chi connectivity index (χ4v) is 2.76. The third kappa shape index (κ3) is 2.96. The van der Waals surface area contributed by atoms with Gasteiger partial charge in [0.25, 0.3) is 0 Å². The zero-order valence-corrected chi connectivity index (χ0v) is 10.8. The van der Waals surface area contributed by atoms with Crippen LogP contribution in [0.4, 0.5) is 0 Å². The summed E-state index contributed by atoms with van der Waals surface area (Å²) < 4.78 is 1.55. The van der Waals surface area contributed by atoms with Crippen LogP contribution in [0.25, 0.3) is 0 Å². The number of nitrogens with zero attached hydrogens (tertiary/aromatic N) is 1. The smallest absolute Gasteiger partial charge is 0.130 e. The summed E-state index contributed by atoms with van der Waals surface area (Å²) in [4.78, 5) is 0.956. The van der Waals surface area contributed by atoms with Crippen molar-refractivity contribution < 1.29 is 0 Å². The van der Waals surface area contributed by atoms with Crippen molar-refractivity contribution in [2.45, 2.75) is 19.4 Å². The summed E-state index contributed by atoms with van der Waals surface area (Å²) in [5.74, 6) is 0. The van der Waals surface area contributed by atoms with Gasteiger partial charge in [-0.3, -0.25) is 5.32 Å². The molecule has 0 fully saturated rings. The summed E-state index contributed by atoms with van der Waals surface area (Å²) in [5.41, 5.74) is 0. The van der Waals surface area contributed by atoms with E-state index in [1.54, 1.807) is 0 Å². The summed E-state index contributed by atoms with van der Waals surface area (Å²) in [7, 11) is 0. The van der Waals surface area contributed by atoms with Crippen LogP contribution in [-0.2, 0) is 0 Å². The second-order valence-corrected chi connectivity index (χ2v) is 5.33. The van der Waals surface area contributed by atoms with Crippen molar-refractivity contribution in [1.29, 1.82) is 5.26 Å². The molecular formula is C9H10BrClN2S. The first-order valence-corrected chi connectivity index (χ1v) is 6.25. The first kappa shape index (κ1) is 12.0. The van der Waals surface area contributed by atoms with Gasteiger partial charge in [-0.15, -0.1) is 11.3 Å². The molecule has 0 spiro atoms. The van der Waals surface area contributed by atoms with Crippen LogP contribution in [-0.4, -0.2) is 6.54 Å². The fourth-order valence-electron chi connectivity index (χ4n) is 1.00. The Kier molecular flexibility index (Phi) is 4.90. The normalized spacial score (nSPS) is 12.4. The lowest BCUT2D eigenvalue weighted by molar-refractivity contribution is 0.628. The number of nitrogens with one attached hydrogen (secondary N) is 1. The maximum Gasteiger partial charge on any atom is 0.130 e. The molecule has 76 valence electrons. The average molecular weight is 294 g/mol. The maximum atomic E-state index is 8.94. The standard InChI is InChI=1S/C9H10BrClN2S/c1-2-3-13-7(5-12)8-4-6(10)9(11)14-8/h4,7,13H,2-3H2,1H3. The van der Waals surface area contributed by atoms with Crippen molar-refractivity contribution in [1.82, 2.24) is 5.32 Å². The van der Waals surface area contributed by atoms with Crippen molar-refractivity contribution in [3.05, 3.63) is 19.8 Å². The molecule has 0 aliphatic carbocycles. The molecule has 1 aromatic rings. The van der Waals surface area contributed by atoms with Crippen molar-refractivity contribution in [3.63, 3.8) is 0 Å². The van der Waals surface area contributed by atoms with E-state index in [-0.39, 0.29) is 6.04 Å². The topological polar surface area (TPSA) is 35.8 Å². The summed E-state index contributed by atoms with van der Waals surface area (Å²) in [6, 6.07) is 3.86. The van der Waals surface area contributed by atoms with E-state index >= 15 is 0 Å². The van der Waals surface area contributed by atoms with Crippen LogP contribution in [0.3, 0.4) is 0 Å². The Morgan fingerprint density at radius 3 is 2.93 bits per heavy atom. The number of hydrogen-bond acceptors (Lipinski definition) is 3. The second kappa shape index (κ2) is 5.72. The van der Waals surface area contributed by atoms with E-state index in [0.717, 1.165) is 22.3 Å². The summed E-state index contributed by atoms with van der Waals surface area (Å²) in [5, 5.41) is 12.1.